The zero-order valence-electron chi connectivity index (χ0n) is 22.9. The van der Waals surface area contributed by atoms with Crippen molar-refractivity contribution in [3.8, 4) is 0 Å². The van der Waals surface area contributed by atoms with E-state index >= 15 is 0 Å². The van der Waals surface area contributed by atoms with Gasteiger partial charge in [0.15, 0.2) is 0 Å². The van der Waals surface area contributed by atoms with Gasteiger partial charge in [-0.15, -0.1) is 0 Å². The van der Waals surface area contributed by atoms with Crippen LogP contribution in [0.25, 0.3) is 0 Å². The van der Waals surface area contributed by atoms with E-state index in [0.717, 1.165) is 82.5 Å². The van der Waals surface area contributed by atoms with Gasteiger partial charge in [-0.25, -0.2) is 22.7 Å². The number of nitrogens with zero attached hydrogens (tertiary/aromatic N) is 5. The number of aromatic nitrogens is 2. The predicted octanol–water partition coefficient (Wildman–Crippen LogP) is 3.64. The van der Waals surface area contributed by atoms with Crippen molar-refractivity contribution in [3.05, 3.63) is 23.3 Å². The van der Waals surface area contributed by atoms with Crippen molar-refractivity contribution in [2.45, 2.75) is 84.6 Å². The molecule has 0 aliphatic carbocycles. The Morgan fingerprint density at radius 2 is 1.58 bits per heavy atom. The summed E-state index contributed by atoms with van der Waals surface area (Å²) in [4.78, 5) is 26.4. The minimum absolute atomic E-state index is 0.0571. The average molecular weight is 520 g/mol. The van der Waals surface area contributed by atoms with Gasteiger partial charge in [-0.1, -0.05) is 19.8 Å². The second kappa shape index (κ2) is 10.7. The molecule has 0 unspecified atom stereocenters. The number of likely N-dealkylation sites (tertiary alicyclic amines) is 2. The summed E-state index contributed by atoms with van der Waals surface area (Å²) >= 11 is 0. The Balaban J connectivity index is 1.38. The van der Waals surface area contributed by atoms with Crippen LogP contribution in [0.3, 0.4) is 0 Å². The van der Waals surface area contributed by atoms with Crippen molar-refractivity contribution in [2.24, 2.45) is 11.3 Å². The summed E-state index contributed by atoms with van der Waals surface area (Å²) in [7, 11) is -3.13. The van der Waals surface area contributed by atoms with Crippen LogP contribution in [0, 0.1) is 25.2 Å². The summed E-state index contributed by atoms with van der Waals surface area (Å²) < 4.78 is 26.2. The molecule has 3 aliphatic rings. The molecule has 9 heteroatoms. The lowest BCUT2D eigenvalue weighted by molar-refractivity contribution is -0.0482. The molecule has 1 spiro atoms. The number of sulfonamides is 1. The van der Waals surface area contributed by atoms with E-state index in [2.05, 4.69) is 28.7 Å². The Bertz CT molecular complexity index is 1020. The molecule has 3 aliphatic heterocycles. The topological polar surface area (TPSA) is 86.7 Å². The molecule has 1 aromatic rings. The van der Waals surface area contributed by atoms with Crippen LogP contribution in [0.1, 0.15) is 87.0 Å². The number of carbonyl (C=O) groups is 1. The van der Waals surface area contributed by atoms with Crippen LogP contribution in [0.2, 0.25) is 0 Å². The van der Waals surface area contributed by atoms with Gasteiger partial charge in [0, 0.05) is 31.7 Å². The molecule has 0 N–H and O–H groups in total. The first kappa shape index (κ1) is 27.5. The highest BCUT2D eigenvalue weighted by molar-refractivity contribution is 7.88. The van der Waals surface area contributed by atoms with Crippen LogP contribution in [0.4, 0.5) is 0 Å². The minimum Gasteiger partial charge on any atom is -0.338 e. The normalized spacial score (nSPS) is 25.2. The first-order valence-corrected chi connectivity index (χ1v) is 15.6. The van der Waals surface area contributed by atoms with E-state index in [1.54, 1.807) is 4.31 Å². The van der Waals surface area contributed by atoms with Gasteiger partial charge in [0.05, 0.1) is 23.2 Å². The number of unbranched alkanes of at least 4 members (excludes halogenated alkanes) is 1. The fraction of sp³-hybridized carbons (Fsp3) is 0.815. The number of carbonyl (C=O) groups excluding carboxylic acids is 1. The molecule has 36 heavy (non-hydrogen) atoms. The van der Waals surface area contributed by atoms with Gasteiger partial charge in [0.1, 0.15) is 6.33 Å². The van der Waals surface area contributed by atoms with Crippen molar-refractivity contribution >= 4 is 15.9 Å². The van der Waals surface area contributed by atoms with Gasteiger partial charge < -0.3 is 4.90 Å². The third-order valence-corrected chi connectivity index (χ3v) is 10.9. The van der Waals surface area contributed by atoms with Gasteiger partial charge in [0.25, 0.3) is 5.91 Å². The van der Waals surface area contributed by atoms with Crippen LogP contribution in [-0.2, 0) is 10.0 Å². The van der Waals surface area contributed by atoms with Gasteiger partial charge in [-0.3, -0.25) is 9.69 Å². The highest BCUT2D eigenvalue weighted by atomic mass is 32.2. The molecular weight excluding hydrogens is 474 g/mol. The molecule has 3 fully saturated rings. The molecule has 1 amide bonds. The lowest BCUT2D eigenvalue weighted by Gasteiger charge is -2.55. The number of rotatable bonds is 6. The third kappa shape index (κ3) is 5.48. The van der Waals surface area contributed by atoms with E-state index in [0.29, 0.717) is 24.6 Å². The molecule has 1 aromatic heterocycles. The highest BCUT2D eigenvalue weighted by Crippen LogP contribution is 2.49. The quantitative estimate of drug-likeness (QED) is 0.570. The first-order chi connectivity index (χ1) is 17.0. The lowest BCUT2D eigenvalue weighted by Crippen LogP contribution is -2.60. The molecule has 4 heterocycles. The summed E-state index contributed by atoms with van der Waals surface area (Å²) in [6.07, 6.45) is 11.6. The maximum atomic E-state index is 13.2. The molecule has 8 nitrogen and oxygen atoms in total. The van der Waals surface area contributed by atoms with Gasteiger partial charge >= 0.3 is 0 Å². The lowest BCUT2D eigenvalue weighted by atomic mass is 9.63. The molecule has 4 rings (SSSR count). The van der Waals surface area contributed by atoms with Crippen LogP contribution in [-0.4, -0.2) is 89.5 Å². The summed E-state index contributed by atoms with van der Waals surface area (Å²) in [5.74, 6) is 0.511. The molecule has 0 radical (unpaired) electrons. The maximum absolute atomic E-state index is 13.2. The molecule has 202 valence electrons. The van der Waals surface area contributed by atoms with E-state index in [1.807, 2.05) is 18.7 Å². The highest BCUT2D eigenvalue weighted by Gasteiger charge is 2.48. The largest absolute Gasteiger partial charge is 0.338 e. The second-order valence-corrected chi connectivity index (χ2v) is 13.8. The van der Waals surface area contributed by atoms with Crippen LogP contribution < -0.4 is 0 Å². The Morgan fingerprint density at radius 1 is 1.00 bits per heavy atom. The van der Waals surface area contributed by atoms with Gasteiger partial charge in [-0.05, 0) is 83.7 Å². The number of piperidine rings is 3. The molecule has 1 atom stereocenters. The zero-order chi connectivity index (χ0) is 26.1. The molecule has 0 saturated carbocycles. The first-order valence-electron chi connectivity index (χ1n) is 13.8. The second-order valence-electron chi connectivity index (χ2n) is 11.8. The molecule has 0 bridgehead atoms. The Labute approximate surface area is 217 Å². The summed E-state index contributed by atoms with van der Waals surface area (Å²) in [6.45, 7) is 13.4. The molecule has 3 saturated heterocycles. The Hall–Kier alpha value is -1.58. The summed E-state index contributed by atoms with van der Waals surface area (Å²) in [5.41, 5.74) is 2.52. The summed E-state index contributed by atoms with van der Waals surface area (Å²) in [5, 5.41) is 0. The van der Waals surface area contributed by atoms with Gasteiger partial charge in [0.2, 0.25) is 10.0 Å². The standard InChI is InChI=1S/C27H45N5O3S/c1-6-7-8-23-19-32(36(5,34)35)18-13-27(23)11-16-31(17-12-27)26(4)9-14-30(15-10-26)25(33)24-21(2)28-20-29-22(24)3/h20,23H,6-19H2,1-5H3/t23-/m0/s1. The number of hydrogen-bond donors (Lipinski definition) is 0. The smallest absolute Gasteiger partial charge is 0.257 e. The van der Waals surface area contributed by atoms with Crippen molar-refractivity contribution in [1.82, 2.24) is 24.1 Å². The van der Waals surface area contributed by atoms with Crippen molar-refractivity contribution in [1.29, 1.82) is 0 Å². The number of hydrogen-bond acceptors (Lipinski definition) is 6. The van der Waals surface area contributed by atoms with E-state index in [1.165, 1.54) is 19.0 Å². The predicted molar refractivity (Wildman–Crippen MR) is 142 cm³/mol. The summed E-state index contributed by atoms with van der Waals surface area (Å²) in [6, 6.07) is 0. The number of amides is 1. The fourth-order valence-corrected chi connectivity index (χ4v) is 7.82. The van der Waals surface area contributed by atoms with Crippen molar-refractivity contribution in [2.75, 3.05) is 45.5 Å². The Kier molecular flexibility index (Phi) is 8.12. The van der Waals surface area contributed by atoms with Crippen LogP contribution in [0.5, 0.6) is 0 Å². The van der Waals surface area contributed by atoms with E-state index in [4.69, 9.17) is 0 Å². The number of aryl methyl sites for hydroxylation is 2. The third-order valence-electron chi connectivity index (χ3n) is 9.62. The average Bonchev–Trinajstić information content (AvgIpc) is 2.83. The van der Waals surface area contributed by atoms with Crippen molar-refractivity contribution < 1.29 is 13.2 Å². The Morgan fingerprint density at radius 3 is 2.14 bits per heavy atom. The van der Waals surface area contributed by atoms with Crippen LogP contribution in [0.15, 0.2) is 6.33 Å². The molecule has 0 aromatic carbocycles. The molecular formula is C27H45N5O3S. The zero-order valence-corrected chi connectivity index (χ0v) is 23.7. The van der Waals surface area contributed by atoms with E-state index < -0.39 is 10.0 Å². The minimum atomic E-state index is -3.13. The van der Waals surface area contributed by atoms with Crippen molar-refractivity contribution in [3.63, 3.8) is 0 Å². The fourth-order valence-electron chi connectivity index (χ4n) is 6.95. The van der Waals surface area contributed by atoms with Crippen LogP contribution >= 0.6 is 0 Å². The monoisotopic (exact) mass is 519 g/mol. The van der Waals surface area contributed by atoms with E-state index in [-0.39, 0.29) is 16.9 Å². The SMILES string of the molecule is CCCC[C@H]1CN(S(C)(=O)=O)CCC12CCN(C1(C)CCN(C(=O)c3c(C)ncnc3C)CC1)CC2. The maximum Gasteiger partial charge on any atom is 0.257 e. The van der Waals surface area contributed by atoms with E-state index in [9.17, 15) is 13.2 Å². The van der Waals surface area contributed by atoms with Gasteiger partial charge in [-0.2, -0.15) is 0 Å².